The van der Waals surface area contributed by atoms with Crippen LogP contribution in [0.4, 0.5) is 0 Å². The fourth-order valence-electron chi connectivity index (χ4n) is 1.79. The minimum absolute atomic E-state index is 0.00476. The maximum absolute atomic E-state index is 5.81. The molecule has 0 bridgehead atoms. The number of fused-ring (bicyclic) bond motifs is 1. The van der Waals surface area contributed by atoms with E-state index in [9.17, 15) is 0 Å². The zero-order valence-electron chi connectivity index (χ0n) is 8.18. The molecule has 0 unspecified atom stereocenters. The second-order valence-corrected chi connectivity index (χ2v) is 6.42. The highest BCUT2D eigenvalue weighted by Gasteiger charge is 2.56. The lowest BCUT2D eigenvalue weighted by molar-refractivity contribution is 0.0753. The number of hydrogen-bond donors (Lipinski definition) is 0. The molecule has 12 heavy (non-hydrogen) atoms. The van der Waals surface area contributed by atoms with Gasteiger partial charge < -0.3 is 0 Å². The highest BCUT2D eigenvalue weighted by molar-refractivity contribution is 7.45. The first kappa shape index (κ1) is 8.89. The first-order valence-electron chi connectivity index (χ1n) is 4.38. The lowest BCUT2D eigenvalue weighted by Crippen LogP contribution is -2.33. The van der Waals surface area contributed by atoms with Gasteiger partial charge in [0.2, 0.25) is 0 Å². The third-order valence-electron chi connectivity index (χ3n) is 2.13. The van der Waals surface area contributed by atoms with Gasteiger partial charge in [0.05, 0.1) is 13.1 Å². The molecule has 2 aliphatic rings. The van der Waals surface area contributed by atoms with Gasteiger partial charge in [0, 0.05) is 0 Å². The monoisotopic (exact) mass is 190 g/mol. The molecule has 0 radical (unpaired) electrons. The minimum atomic E-state index is -1.10. The summed E-state index contributed by atoms with van der Waals surface area (Å²) in [5.41, 5.74) is 0.00952. The summed E-state index contributed by atoms with van der Waals surface area (Å²) in [6.07, 6.45) is 0. The van der Waals surface area contributed by atoms with E-state index in [1.165, 1.54) is 0 Å². The van der Waals surface area contributed by atoms with Crippen LogP contribution in [-0.4, -0.2) is 29.0 Å². The van der Waals surface area contributed by atoms with Crippen LogP contribution in [0.3, 0.4) is 0 Å². The average molecular weight is 190 g/mol. The van der Waals surface area contributed by atoms with Crippen LogP contribution in [0.2, 0.25) is 0 Å². The Balaban J connectivity index is 2.07. The molecule has 0 saturated carbocycles. The van der Waals surface area contributed by atoms with Crippen LogP contribution >= 0.6 is 8.53 Å². The van der Waals surface area contributed by atoms with Crippen LogP contribution in [0.5, 0.6) is 0 Å². The summed E-state index contributed by atoms with van der Waals surface area (Å²) in [5, 5.41) is 0. The Bertz CT molecular complexity index is 167. The Morgan fingerprint density at radius 1 is 1.00 bits per heavy atom. The molecule has 4 heteroatoms. The summed E-state index contributed by atoms with van der Waals surface area (Å²) >= 11 is 0. The molecule has 0 spiro atoms. The van der Waals surface area contributed by atoms with Crippen molar-refractivity contribution in [2.24, 2.45) is 0 Å². The smallest absolute Gasteiger partial charge is 0.182 e. The summed E-state index contributed by atoms with van der Waals surface area (Å²) in [7, 11) is -1.10. The van der Waals surface area contributed by atoms with Crippen LogP contribution in [0, 0.1) is 0 Å². The Morgan fingerprint density at radius 3 is 1.75 bits per heavy atom. The van der Waals surface area contributed by atoms with E-state index in [1.54, 1.807) is 0 Å². The normalized spacial score (nSPS) is 34.0. The van der Waals surface area contributed by atoms with Gasteiger partial charge in [-0.25, -0.2) is 0 Å². The number of nitrogens with zero attached hydrogens (tertiary/aromatic N) is 1. The molecule has 70 valence electrons. The van der Waals surface area contributed by atoms with Gasteiger partial charge in [0.15, 0.2) is 0 Å². The van der Waals surface area contributed by atoms with E-state index < -0.39 is 8.53 Å². The van der Waals surface area contributed by atoms with E-state index >= 15 is 0 Å². The molecule has 0 aromatic heterocycles. The van der Waals surface area contributed by atoms with Crippen LogP contribution in [0.1, 0.15) is 27.7 Å². The molecule has 0 aromatic rings. The van der Waals surface area contributed by atoms with Crippen molar-refractivity contribution in [2.75, 3.05) is 13.1 Å². The molecule has 0 amide bonds. The molecule has 2 fully saturated rings. The van der Waals surface area contributed by atoms with Crippen molar-refractivity contribution in [3.05, 3.63) is 0 Å². The van der Waals surface area contributed by atoms with Gasteiger partial charge in [0.1, 0.15) is 11.2 Å². The van der Waals surface area contributed by atoms with Gasteiger partial charge in [-0.15, -0.1) is 4.67 Å². The van der Waals surface area contributed by atoms with Crippen LogP contribution in [0.15, 0.2) is 0 Å². The second kappa shape index (κ2) is 2.42. The Labute approximate surface area is 75.0 Å². The molecule has 0 aliphatic carbocycles. The lowest BCUT2D eigenvalue weighted by atomic mass is 10.1. The predicted octanol–water partition coefficient (Wildman–Crippen LogP) is 1.87. The highest BCUT2D eigenvalue weighted by Crippen LogP contribution is 2.59. The topological polar surface area (TPSA) is 21.7 Å². The van der Waals surface area contributed by atoms with Crippen LogP contribution in [0.25, 0.3) is 0 Å². The summed E-state index contributed by atoms with van der Waals surface area (Å²) < 4.78 is 14.0. The third kappa shape index (κ3) is 1.51. The molecule has 3 nitrogen and oxygen atoms in total. The van der Waals surface area contributed by atoms with Crippen molar-refractivity contribution in [3.8, 4) is 0 Å². The molecule has 2 saturated heterocycles. The van der Waals surface area contributed by atoms with Gasteiger partial charge in [-0.3, -0.25) is 0 Å². The molecule has 0 atom stereocenters. The van der Waals surface area contributed by atoms with E-state index in [1.807, 2.05) is 0 Å². The third-order valence-corrected chi connectivity index (χ3v) is 4.42. The zero-order valence-corrected chi connectivity index (χ0v) is 9.18. The van der Waals surface area contributed by atoms with Gasteiger partial charge in [-0.05, 0) is 27.7 Å². The van der Waals surface area contributed by atoms with Crippen molar-refractivity contribution in [1.29, 1.82) is 0 Å². The van der Waals surface area contributed by atoms with Crippen LogP contribution in [-0.2, 0) is 9.05 Å². The first-order chi connectivity index (χ1) is 5.38. The largest absolute Gasteiger partial charge is 0.337 e. The molecule has 0 aromatic carbocycles. The maximum atomic E-state index is 5.81. The summed E-state index contributed by atoms with van der Waals surface area (Å²) in [4.78, 5) is 0. The van der Waals surface area contributed by atoms with E-state index in [0.29, 0.717) is 0 Å². The predicted molar refractivity (Wildman–Crippen MR) is 50.2 cm³/mol. The molecule has 2 heterocycles. The molecular formula is C8H17NO2P+. The minimum Gasteiger partial charge on any atom is -0.182 e. The Hall–Kier alpha value is 0.310. The quantitative estimate of drug-likeness (QED) is 0.544. The molecular weight excluding hydrogens is 173 g/mol. The van der Waals surface area contributed by atoms with Crippen molar-refractivity contribution in [3.63, 3.8) is 0 Å². The van der Waals surface area contributed by atoms with Crippen molar-refractivity contribution in [1.82, 2.24) is 4.67 Å². The highest BCUT2D eigenvalue weighted by atomic mass is 31.2. The zero-order chi connectivity index (χ0) is 8.98. The van der Waals surface area contributed by atoms with E-state index in [0.717, 1.165) is 13.1 Å². The van der Waals surface area contributed by atoms with Gasteiger partial charge >= 0.3 is 8.53 Å². The number of hydrogen-bond acceptors (Lipinski definition) is 3. The van der Waals surface area contributed by atoms with Crippen molar-refractivity contribution in [2.45, 2.75) is 38.9 Å². The van der Waals surface area contributed by atoms with Crippen molar-refractivity contribution >= 4 is 8.53 Å². The Kier molecular flexibility index (Phi) is 1.79. The fraction of sp³-hybridized carbons (Fsp3) is 1.00. The molecule has 2 rings (SSSR count). The molecule has 0 N–H and O–H groups in total. The SMILES string of the molecule is CC1(C)CN2CC(C)(C)O[PH+]2O1. The van der Waals surface area contributed by atoms with Crippen molar-refractivity contribution < 1.29 is 9.05 Å². The van der Waals surface area contributed by atoms with Gasteiger partial charge in [0.25, 0.3) is 0 Å². The lowest BCUT2D eigenvalue weighted by Gasteiger charge is -2.16. The van der Waals surface area contributed by atoms with Gasteiger partial charge in [-0.2, -0.15) is 9.05 Å². The summed E-state index contributed by atoms with van der Waals surface area (Å²) in [5.74, 6) is 0. The van der Waals surface area contributed by atoms with Crippen LogP contribution < -0.4 is 0 Å². The Morgan fingerprint density at radius 2 is 1.42 bits per heavy atom. The fourth-order valence-corrected chi connectivity index (χ4v) is 4.19. The van der Waals surface area contributed by atoms with Gasteiger partial charge in [-0.1, -0.05) is 0 Å². The summed E-state index contributed by atoms with van der Waals surface area (Å²) in [6.45, 7) is 10.5. The average Bonchev–Trinajstić information content (AvgIpc) is 2.12. The summed E-state index contributed by atoms with van der Waals surface area (Å²) in [6, 6.07) is 0. The maximum Gasteiger partial charge on any atom is 0.337 e. The van der Waals surface area contributed by atoms with E-state index in [4.69, 9.17) is 9.05 Å². The molecule has 2 aliphatic heterocycles. The standard InChI is InChI=1S/C8H16NO2P/c1-7(2)5-9-6-8(3,4)11-12(9)10-7/h5-6H2,1-4H3/p+1. The number of rotatable bonds is 0. The second-order valence-electron chi connectivity index (χ2n) is 4.85. The van der Waals surface area contributed by atoms with E-state index in [-0.39, 0.29) is 11.2 Å². The first-order valence-corrected chi connectivity index (χ1v) is 5.64. The van der Waals surface area contributed by atoms with E-state index in [2.05, 4.69) is 32.4 Å².